The van der Waals surface area contributed by atoms with Gasteiger partial charge in [-0.25, -0.2) is 0 Å². The van der Waals surface area contributed by atoms with Crippen LogP contribution in [0.1, 0.15) is 15.9 Å². The number of hydrogen-bond donors (Lipinski definition) is 0. The van der Waals surface area contributed by atoms with Gasteiger partial charge < -0.3 is 14.2 Å². The van der Waals surface area contributed by atoms with E-state index in [4.69, 9.17) is 19.5 Å². The predicted molar refractivity (Wildman–Crippen MR) is 104 cm³/mol. The van der Waals surface area contributed by atoms with Crippen LogP contribution in [0, 0.1) is 11.3 Å². The lowest BCUT2D eigenvalue weighted by atomic mass is 10.0. The quantitative estimate of drug-likeness (QED) is 0.627. The molecule has 5 nitrogen and oxygen atoms in total. The molecule has 1 aliphatic rings. The lowest BCUT2D eigenvalue weighted by Gasteiger charge is -2.18. The van der Waals surface area contributed by atoms with Gasteiger partial charge in [-0.05, 0) is 53.6 Å². The van der Waals surface area contributed by atoms with Crippen molar-refractivity contribution in [2.24, 2.45) is 0 Å². The first-order chi connectivity index (χ1) is 13.7. The summed E-state index contributed by atoms with van der Waals surface area (Å²) in [6.07, 6.45) is 0. The van der Waals surface area contributed by atoms with E-state index < -0.39 is 0 Å². The largest absolute Gasteiger partial charge is 0.486 e. The fourth-order valence-corrected chi connectivity index (χ4v) is 2.93. The van der Waals surface area contributed by atoms with Gasteiger partial charge in [0.1, 0.15) is 19.0 Å². The third-order valence-electron chi connectivity index (χ3n) is 4.44. The normalized spacial score (nSPS) is 12.1. The van der Waals surface area contributed by atoms with E-state index in [0.717, 1.165) is 11.1 Å². The Bertz CT molecular complexity index is 1030. The Morgan fingerprint density at radius 2 is 1.54 bits per heavy atom. The Morgan fingerprint density at radius 1 is 0.893 bits per heavy atom. The van der Waals surface area contributed by atoms with Crippen LogP contribution in [0.3, 0.4) is 0 Å². The summed E-state index contributed by atoms with van der Waals surface area (Å²) >= 11 is 0. The average molecular weight is 371 g/mol. The number of nitrogens with zero attached hydrogens (tertiary/aromatic N) is 1. The molecule has 3 aromatic carbocycles. The highest BCUT2D eigenvalue weighted by molar-refractivity contribution is 5.97. The molecule has 0 aliphatic carbocycles. The zero-order valence-corrected chi connectivity index (χ0v) is 15.1. The first-order valence-electron chi connectivity index (χ1n) is 8.89. The minimum absolute atomic E-state index is 0.0597. The molecule has 3 aromatic rings. The molecule has 5 heteroatoms. The lowest BCUT2D eigenvalue weighted by molar-refractivity contribution is 0.0920. The van der Waals surface area contributed by atoms with Crippen LogP contribution >= 0.6 is 0 Å². The minimum Gasteiger partial charge on any atom is -0.486 e. The van der Waals surface area contributed by atoms with Crippen LogP contribution in [0.4, 0.5) is 0 Å². The minimum atomic E-state index is -0.131. The van der Waals surface area contributed by atoms with Crippen LogP contribution in [-0.4, -0.2) is 25.6 Å². The molecule has 0 saturated carbocycles. The number of benzene rings is 3. The zero-order chi connectivity index (χ0) is 19.3. The number of ether oxygens (including phenoxy) is 3. The van der Waals surface area contributed by atoms with E-state index >= 15 is 0 Å². The SMILES string of the molecule is N#Cc1ccc(-c2ccc(OCC(=O)c3ccc4c(c3)OCCO4)cc2)cc1. The number of Topliss-reactive ketones (excluding diaryl/α,β-unsaturated/α-hetero) is 1. The summed E-state index contributed by atoms with van der Waals surface area (Å²) in [6, 6.07) is 22.1. The van der Waals surface area contributed by atoms with Gasteiger partial charge in [-0.3, -0.25) is 4.79 Å². The molecule has 0 aromatic heterocycles. The molecular weight excluding hydrogens is 354 g/mol. The van der Waals surface area contributed by atoms with Gasteiger partial charge in [-0.1, -0.05) is 24.3 Å². The van der Waals surface area contributed by atoms with Crippen LogP contribution in [0.5, 0.6) is 17.2 Å². The Labute approximate surface area is 162 Å². The Hall–Kier alpha value is -3.78. The molecule has 0 amide bonds. The fraction of sp³-hybridized carbons (Fsp3) is 0.130. The van der Waals surface area contributed by atoms with Crippen LogP contribution in [0.2, 0.25) is 0 Å². The summed E-state index contributed by atoms with van der Waals surface area (Å²) in [4.78, 5) is 12.4. The molecule has 4 rings (SSSR count). The van der Waals surface area contributed by atoms with Crippen molar-refractivity contribution < 1.29 is 19.0 Å². The first-order valence-corrected chi connectivity index (χ1v) is 8.89. The number of fused-ring (bicyclic) bond motifs is 1. The monoisotopic (exact) mass is 371 g/mol. The molecule has 1 heterocycles. The van der Waals surface area contributed by atoms with Crippen molar-refractivity contribution in [1.82, 2.24) is 0 Å². The number of ketones is 1. The van der Waals surface area contributed by atoms with Crippen molar-refractivity contribution in [3.05, 3.63) is 77.9 Å². The van der Waals surface area contributed by atoms with Crippen LogP contribution in [0.15, 0.2) is 66.7 Å². The summed E-state index contributed by atoms with van der Waals surface area (Å²) in [5, 5.41) is 8.87. The molecule has 0 fully saturated rings. The first kappa shape index (κ1) is 17.6. The van der Waals surface area contributed by atoms with Crippen molar-refractivity contribution in [3.8, 4) is 34.4 Å². The third kappa shape index (κ3) is 3.81. The van der Waals surface area contributed by atoms with Crippen molar-refractivity contribution in [3.63, 3.8) is 0 Å². The van der Waals surface area contributed by atoms with Gasteiger partial charge in [0.15, 0.2) is 23.9 Å². The molecule has 0 unspecified atom stereocenters. The molecule has 28 heavy (non-hydrogen) atoms. The van der Waals surface area contributed by atoms with Crippen LogP contribution < -0.4 is 14.2 Å². The summed E-state index contributed by atoms with van der Waals surface area (Å²) < 4.78 is 16.6. The van der Waals surface area contributed by atoms with E-state index in [1.807, 2.05) is 36.4 Å². The van der Waals surface area contributed by atoms with Gasteiger partial charge in [-0.2, -0.15) is 5.26 Å². The molecule has 0 radical (unpaired) electrons. The molecule has 0 saturated heterocycles. The van der Waals surface area contributed by atoms with Gasteiger partial charge in [-0.15, -0.1) is 0 Å². The number of hydrogen-bond acceptors (Lipinski definition) is 5. The molecule has 0 bridgehead atoms. The number of carbonyl (C=O) groups excluding carboxylic acids is 1. The van der Waals surface area contributed by atoms with E-state index in [9.17, 15) is 4.79 Å². The van der Waals surface area contributed by atoms with Crippen LogP contribution in [0.25, 0.3) is 11.1 Å². The van der Waals surface area contributed by atoms with Gasteiger partial charge in [0.2, 0.25) is 0 Å². The highest BCUT2D eigenvalue weighted by Crippen LogP contribution is 2.31. The Morgan fingerprint density at radius 3 is 2.21 bits per heavy atom. The standard InChI is InChI=1S/C23H17NO4/c24-14-16-1-3-17(4-2-16)18-5-8-20(9-6-18)28-15-21(25)19-7-10-22-23(13-19)27-12-11-26-22/h1-10,13H,11-12,15H2. The smallest absolute Gasteiger partial charge is 0.200 e. The second-order valence-corrected chi connectivity index (χ2v) is 6.28. The number of nitriles is 1. The number of carbonyl (C=O) groups is 1. The van der Waals surface area contributed by atoms with Gasteiger partial charge in [0.05, 0.1) is 11.6 Å². The molecule has 138 valence electrons. The topological polar surface area (TPSA) is 68.5 Å². The molecule has 0 N–H and O–H groups in total. The lowest BCUT2D eigenvalue weighted by Crippen LogP contribution is -2.17. The maximum Gasteiger partial charge on any atom is 0.200 e. The van der Waals surface area contributed by atoms with Crippen molar-refractivity contribution >= 4 is 5.78 Å². The summed E-state index contributed by atoms with van der Waals surface area (Å²) in [6.45, 7) is 0.935. The molecule has 1 aliphatic heterocycles. The zero-order valence-electron chi connectivity index (χ0n) is 15.1. The van der Waals surface area contributed by atoms with Crippen LogP contribution in [-0.2, 0) is 0 Å². The van der Waals surface area contributed by atoms with E-state index in [1.165, 1.54) is 0 Å². The Kier molecular flexibility index (Phi) is 4.94. The average Bonchev–Trinajstić information content (AvgIpc) is 2.77. The maximum atomic E-state index is 12.4. The second kappa shape index (κ2) is 7.85. The van der Waals surface area contributed by atoms with E-state index in [0.29, 0.717) is 41.6 Å². The highest BCUT2D eigenvalue weighted by atomic mass is 16.6. The highest BCUT2D eigenvalue weighted by Gasteiger charge is 2.15. The van der Waals surface area contributed by atoms with Gasteiger partial charge in [0, 0.05) is 5.56 Å². The predicted octanol–water partition coefficient (Wildman–Crippen LogP) is 4.26. The summed E-state index contributed by atoms with van der Waals surface area (Å²) in [5.41, 5.74) is 3.17. The van der Waals surface area contributed by atoms with Crippen molar-refractivity contribution in [2.45, 2.75) is 0 Å². The number of rotatable bonds is 5. The third-order valence-corrected chi connectivity index (χ3v) is 4.44. The summed E-state index contributed by atoms with van der Waals surface area (Å²) in [7, 11) is 0. The fourth-order valence-electron chi connectivity index (χ4n) is 2.93. The summed E-state index contributed by atoms with van der Waals surface area (Å²) in [5.74, 6) is 1.72. The maximum absolute atomic E-state index is 12.4. The van der Waals surface area contributed by atoms with E-state index in [2.05, 4.69) is 6.07 Å². The van der Waals surface area contributed by atoms with E-state index in [1.54, 1.807) is 30.3 Å². The molecule has 0 atom stereocenters. The molecule has 0 spiro atoms. The second-order valence-electron chi connectivity index (χ2n) is 6.28. The Balaban J connectivity index is 1.39. The van der Waals surface area contributed by atoms with Crippen molar-refractivity contribution in [2.75, 3.05) is 19.8 Å². The van der Waals surface area contributed by atoms with E-state index in [-0.39, 0.29) is 12.4 Å². The molecular formula is C23H17NO4. The van der Waals surface area contributed by atoms with Gasteiger partial charge >= 0.3 is 0 Å². The van der Waals surface area contributed by atoms with Gasteiger partial charge in [0.25, 0.3) is 0 Å². The van der Waals surface area contributed by atoms with Crippen molar-refractivity contribution in [1.29, 1.82) is 5.26 Å².